The van der Waals surface area contributed by atoms with E-state index in [-0.39, 0.29) is 0 Å². The molecule has 0 saturated carbocycles. The van der Waals surface area contributed by atoms with Crippen LogP contribution in [0.4, 0.5) is 5.69 Å². The number of aromatic nitrogens is 2. The molecule has 16 heavy (non-hydrogen) atoms. The van der Waals surface area contributed by atoms with Gasteiger partial charge >= 0.3 is 0 Å². The van der Waals surface area contributed by atoms with E-state index in [1.54, 1.807) is 11.3 Å². The molecule has 0 unspecified atom stereocenters. The summed E-state index contributed by atoms with van der Waals surface area (Å²) in [5, 5.41) is 0. The average Bonchev–Trinajstić information content (AvgIpc) is 2.74. The quantitative estimate of drug-likeness (QED) is 0.652. The van der Waals surface area contributed by atoms with Crippen LogP contribution in [0.15, 0.2) is 36.7 Å². The lowest BCUT2D eigenvalue weighted by atomic mass is 10.1. The maximum atomic E-state index is 5.76. The van der Waals surface area contributed by atoms with Crippen molar-refractivity contribution in [3.8, 4) is 11.3 Å². The molecule has 3 aromatic rings. The molecule has 2 N–H and O–H groups in total. The molecular formula is C12H11N3S. The molecule has 0 amide bonds. The van der Waals surface area contributed by atoms with Gasteiger partial charge in [0.1, 0.15) is 0 Å². The number of nitrogens with zero attached hydrogens (tertiary/aromatic N) is 2. The van der Waals surface area contributed by atoms with E-state index in [9.17, 15) is 0 Å². The summed E-state index contributed by atoms with van der Waals surface area (Å²) in [7, 11) is 0. The minimum absolute atomic E-state index is 0.769. The Morgan fingerprint density at radius 1 is 1.31 bits per heavy atom. The van der Waals surface area contributed by atoms with Crippen LogP contribution in [0.5, 0.6) is 0 Å². The van der Waals surface area contributed by atoms with E-state index in [0.717, 1.165) is 21.9 Å². The number of nitrogens with two attached hydrogens (primary N) is 1. The molecule has 2 heterocycles. The first kappa shape index (κ1) is 9.42. The normalized spacial score (nSPS) is 11.1. The number of hydrogen-bond acceptors (Lipinski definition) is 3. The van der Waals surface area contributed by atoms with Crippen molar-refractivity contribution in [2.24, 2.45) is 0 Å². The molecular weight excluding hydrogens is 218 g/mol. The zero-order valence-electron chi connectivity index (χ0n) is 8.84. The Kier molecular flexibility index (Phi) is 1.97. The van der Waals surface area contributed by atoms with Gasteiger partial charge < -0.3 is 5.73 Å². The lowest BCUT2D eigenvalue weighted by Gasteiger charge is -1.97. The first-order valence-corrected chi connectivity index (χ1v) is 5.85. The number of imidazole rings is 1. The highest BCUT2D eigenvalue weighted by molar-refractivity contribution is 7.17. The van der Waals surface area contributed by atoms with Gasteiger partial charge in [-0.05, 0) is 19.1 Å². The summed E-state index contributed by atoms with van der Waals surface area (Å²) in [6.45, 7) is 2.08. The molecule has 0 saturated heterocycles. The molecule has 0 aliphatic heterocycles. The van der Waals surface area contributed by atoms with Crippen molar-refractivity contribution in [3.05, 3.63) is 41.5 Å². The van der Waals surface area contributed by atoms with E-state index in [1.165, 1.54) is 4.88 Å². The molecule has 0 bridgehead atoms. The minimum atomic E-state index is 0.769. The number of hydrogen-bond donors (Lipinski definition) is 1. The highest BCUT2D eigenvalue weighted by Gasteiger charge is 2.06. The Morgan fingerprint density at radius 3 is 2.94 bits per heavy atom. The highest BCUT2D eigenvalue weighted by atomic mass is 32.1. The fourth-order valence-corrected chi connectivity index (χ4v) is 2.56. The van der Waals surface area contributed by atoms with E-state index in [0.29, 0.717) is 0 Å². The summed E-state index contributed by atoms with van der Waals surface area (Å²) in [5.74, 6) is 0. The van der Waals surface area contributed by atoms with Crippen LogP contribution >= 0.6 is 11.3 Å². The maximum absolute atomic E-state index is 5.76. The van der Waals surface area contributed by atoms with Crippen molar-refractivity contribution in [1.82, 2.24) is 9.38 Å². The van der Waals surface area contributed by atoms with Gasteiger partial charge in [-0.3, -0.25) is 4.40 Å². The molecule has 0 radical (unpaired) electrons. The number of anilines is 1. The van der Waals surface area contributed by atoms with Gasteiger partial charge in [-0.2, -0.15) is 0 Å². The molecule has 0 fully saturated rings. The fourth-order valence-electron chi connectivity index (χ4n) is 1.75. The van der Waals surface area contributed by atoms with E-state index < -0.39 is 0 Å². The largest absolute Gasteiger partial charge is 0.399 e. The fraction of sp³-hybridized carbons (Fsp3) is 0.0833. The Morgan fingerprint density at radius 2 is 2.19 bits per heavy atom. The monoisotopic (exact) mass is 229 g/mol. The second-order valence-electron chi connectivity index (χ2n) is 3.78. The summed E-state index contributed by atoms with van der Waals surface area (Å²) in [4.78, 5) is 6.86. The number of benzene rings is 1. The van der Waals surface area contributed by atoms with Crippen LogP contribution in [0.1, 0.15) is 4.88 Å². The molecule has 80 valence electrons. The predicted octanol–water partition coefficient (Wildman–Crippen LogP) is 2.95. The molecule has 4 heteroatoms. The third kappa shape index (κ3) is 1.47. The van der Waals surface area contributed by atoms with E-state index in [4.69, 9.17) is 5.73 Å². The molecule has 0 spiro atoms. The van der Waals surface area contributed by atoms with Gasteiger partial charge in [0.15, 0.2) is 4.96 Å². The van der Waals surface area contributed by atoms with E-state index in [2.05, 4.69) is 22.5 Å². The van der Waals surface area contributed by atoms with Gasteiger partial charge in [-0.1, -0.05) is 12.1 Å². The average molecular weight is 229 g/mol. The Hall–Kier alpha value is -1.81. The van der Waals surface area contributed by atoms with E-state index in [1.807, 2.05) is 30.5 Å². The van der Waals surface area contributed by atoms with Crippen molar-refractivity contribution in [2.75, 3.05) is 5.73 Å². The van der Waals surface area contributed by atoms with E-state index >= 15 is 0 Å². The van der Waals surface area contributed by atoms with Crippen LogP contribution in [-0.4, -0.2) is 9.38 Å². The van der Waals surface area contributed by atoms with Crippen molar-refractivity contribution in [2.45, 2.75) is 6.92 Å². The Balaban J connectivity index is 2.15. The summed E-state index contributed by atoms with van der Waals surface area (Å²) < 4.78 is 2.05. The van der Waals surface area contributed by atoms with Crippen LogP contribution in [0.25, 0.3) is 16.2 Å². The molecule has 0 aliphatic carbocycles. The zero-order valence-corrected chi connectivity index (χ0v) is 9.66. The van der Waals surface area contributed by atoms with Crippen LogP contribution in [0.3, 0.4) is 0 Å². The summed E-state index contributed by atoms with van der Waals surface area (Å²) in [6, 6.07) is 7.80. The number of fused-ring (bicyclic) bond motifs is 1. The van der Waals surface area contributed by atoms with Gasteiger partial charge in [0.05, 0.1) is 5.69 Å². The van der Waals surface area contributed by atoms with Crippen molar-refractivity contribution in [3.63, 3.8) is 0 Å². The van der Waals surface area contributed by atoms with Gasteiger partial charge in [0.25, 0.3) is 0 Å². The summed E-state index contributed by atoms with van der Waals surface area (Å²) in [5.41, 5.74) is 8.56. The number of aryl methyl sites for hydroxylation is 1. The highest BCUT2D eigenvalue weighted by Crippen LogP contribution is 2.24. The molecule has 3 nitrogen and oxygen atoms in total. The van der Waals surface area contributed by atoms with Crippen molar-refractivity contribution < 1.29 is 0 Å². The lowest BCUT2D eigenvalue weighted by Crippen LogP contribution is -1.84. The predicted molar refractivity (Wildman–Crippen MR) is 67.7 cm³/mol. The van der Waals surface area contributed by atoms with Crippen LogP contribution in [0, 0.1) is 6.92 Å². The summed E-state index contributed by atoms with van der Waals surface area (Å²) >= 11 is 1.69. The van der Waals surface area contributed by atoms with Crippen LogP contribution in [-0.2, 0) is 0 Å². The second kappa shape index (κ2) is 3.35. The number of rotatable bonds is 1. The first-order chi connectivity index (χ1) is 7.72. The summed E-state index contributed by atoms with van der Waals surface area (Å²) in [6.07, 6.45) is 4.12. The van der Waals surface area contributed by atoms with Crippen LogP contribution < -0.4 is 5.73 Å². The topological polar surface area (TPSA) is 43.3 Å². The Bertz CT molecular complexity index is 620. The van der Waals surface area contributed by atoms with Gasteiger partial charge in [0, 0.05) is 28.5 Å². The molecule has 1 aromatic carbocycles. The third-order valence-electron chi connectivity index (χ3n) is 2.45. The third-order valence-corrected chi connectivity index (χ3v) is 3.37. The SMILES string of the molecule is Cc1cn2cc(-c3cccc(N)c3)nc2s1. The maximum Gasteiger partial charge on any atom is 0.194 e. The number of thiazole rings is 1. The molecule has 2 aromatic heterocycles. The standard InChI is InChI=1S/C12H11N3S/c1-8-6-15-7-11(14-12(15)16-8)9-3-2-4-10(13)5-9/h2-7H,13H2,1H3. The lowest BCUT2D eigenvalue weighted by molar-refractivity contribution is 1.22. The van der Waals surface area contributed by atoms with Crippen molar-refractivity contribution in [1.29, 1.82) is 0 Å². The molecule has 0 atom stereocenters. The van der Waals surface area contributed by atoms with Gasteiger partial charge in [0.2, 0.25) is 0 Å². The Labute approximate surface area is 97.2 Å². The molecule has 0 aliphatic rings. The van der Waals surface area contributed by atoms with Crippen molar-refractivity contribution >= 4 is 22.0 Å². The zero-order chi connectivity index (χ0) is 11.1. The van der Waals surface area contributed by atoms with Gasteiger partial charge in [-0.25, -0.2) is 4.98 Å². The second-order valence-corrected chi connectivity index (χ2v) is 5.00. The molecule has 3 rings (SSSR count). The first-order valence-electron chi connectivity index (χ1n) is 5.03. The minimum Gasteiger partial charge on any atom is -0.399 e. The van der Waals surface area contributed by atoms with Crippen LogP contribution in [0.2, 0.25) is 0 Å². The smallest absolute Gasteiger partial charge is 0.194 e. The number of nitrogen functional groups attached to an aromatic ring is 1. The van der Waals surface area contributed by atoms with Gasteiger partial charge in [-0.15, -0.1) is 11.3 Å².